The number of nitrogens with zero attached hydrogens (tertiary/aromatic N) is 3. The van der Waals surface area contributed by atoms with E-state index in [0.717, 1.165) is 29.4 Å². The third-order valence-electron chi connectivity index (χ3n) is 4.89. The molecule has 5 heteroatoms. The molecule has 0 spiro atoms. The molecule has 0 amide bonds. The average molecular weight is 361 g/mol. The van der Waals surface area contributed by atoms with Crippen LogP contribution in [0.2, 0.25) is 0 Å². The Kier molecular flexibility index (Phi) is 4.36. The van der Waals surface area contributed by atoms with Crippen LogP contribution < -0.4 is 14.5 Å². The van der Waals surface area contributed by atoms with Gasteiger partial charge in [0.2, 0.25) is 0 Å². The van der Waals surface area contributed by atoms with Crippen LogP contribution in [0, 0.1) is 13.8 Å². The van der Waals surface area contributed by atoms with E-state index in [1.807, 2.05) is 30.5 Å². The van der Waals surface area contributed by atoms with E-state index in [-0.39, 0.29) is 0 Å². The fraction of sp³-hybridized carbons (Fsp3) is 0.227. The summed E-state index contributed by atoms with van der Waals surface area (Å²) in [6.07, 6.45) is 6.02. The van der Waals surface area contributed by atoms with E-state index < -0.39 is 0 Å². The largest absolute Gasteiger partial charge is 0.493 e. The zero-order valence-electron chi connectivity index (χ0n) is 16.1. The Morgan fingerprint density at radius 1 is 0.963 bits per heavy atom. The zero-order valence-corrected chi connectivity index (χ0v) is 16.1. The average Bonchev–Trinajstić information content (AvgIpc) is 3.13. The summed E-state index contributed by atoms with van der Waals surface area (Å²) in [6.45, 7) is 5.04. The Bertz CT molecular complexity index is 976. The minimum absolute atomic E-state index is 0.710. The lowest BCUT2D eigenvalue weighted by atomic mass is 10.1. The molecule has 27 heavy (non-hydrogen) atoms. The van der Waals surface area contributed by atoms with Crippen molar-refractivity contribution in [1.29, 1.82) is 0 Å². The number of aliphatic imine (C=N–C) groups is 1. The Balaban J connectivity index is 1.77. The molecule has 0 bridgehead atoms. The molecule has 138 valence electrons. The van der Waals surface area contributed by atoms with Crippen molar-refractivity contribution in [3.8, 4) is 11.5 Å². The number of hydrogen-bond acceptors (Lipinski definition) is 5. The summed E-state index contributed by atoms with van der Waals surface area (Å²) in [5.41, 5.74) is 5.75. The van der Waals surface area contributed by atoms with Crippen LogP contribution in [0.15, 0.2) is 59.4 Å². The molecule has 0 unspecified atom stereocenters. The summed E-state index contributed by atoms with van der Waals surface area (Å²) in [6, 6.07) is 12.5. The second kappa shape index (κ2) is 6.83. The Hall–Kier alpha value is -3.21. The van der Waals surface area contributed by atoms with Gasteiger partial charge in [-0.3, -0.25) is 5.01 Å². The van der Waals surface area contributed by atoms with Gasteiger partial charge in [0.25, 0.3) is 0 Å². The number of ether oxygens (including phenoxy) is 2. The number of hydrazine groups is 1. The minimum atomic E-state index is 0.710. The first-order chi connectivity index (χ1) is 13.1. The standard InChI is InChI=1S/C22H23N3O2/c1-15-5-6-16(2)19(13-15)24-12-10-22-23-11-9-18(25(22)24)17-7-8-20(26-3)21(14-17)27-4/h5-11,13-14H,12H2,1-4H3. The van der Waals surface area contributed by atoms with E-state index in [4.69, 9.17) is 9.47 Å². The lowest BCUT2D eigenvalue weighted by molar-refractivity contribution is 0.354. The predicted molar refractivity (Wildman–Crippen MR) is 109 cm³/mol. The molecule has 0 saturated carbocycles. The summed E-state index contributed by atoms with van der Waals surface area (Å²) < 4.78 is 10.9. The number of rotatable bonds is 4. The summed E-state index contributed by atoms with van der Waals surface area (Å²) in [7, 11) is 3.30. The van der Waals surface area contributed by atoms with Gasteiger partial charge >= 0.3 is 0 Å². The van der Waals surface area contributed by atoms with Crippen molar-refractivity contribution in [2.45, 2.75) is 13.8 Å². The topological polar surface area (TPSA) is 37.3 Å². The highest BCUT2D eigenvalue weighted by molar-refractivity contribution is 5.88. The molecule has 0 atom stereocenters. The number of aryl methyl sites for hydroxylation is 2. The van der Waals surface area contributed by atoms with Gasteiger partial charge in [0.15, 0.2) is 11.5 Å². The maximum absolute atomic E-state index is 5.49. The molecule has 0 radical (unpaired) electrons. The molecule has 0 N–H and O–H groups in total. The molecular weight excluding hydrogens is 338 g/mol. The van der Waals surface area contributed by atoms with Crippen LogP contribution in [0.3, 0.4) is 0 Å². The Morgan fingerprint density at radius 2 is 1.78 bits per heavy atom. The van der Waals surface area contributed by atoms with E-state index in [9.17, 15) is 0 Å². The van der Waals surface area contributed by atoms with Crippen LogP contribution in [0.1, 0.15) is 16.7 Å². The maximum atomic E-state index is 5.49. The van der Waals surface area contributed by atoms with Crippen LogP contribution in [-0.4, -0.2) is 32.0 Å². The lowest BCUT2D eigenvalue weighted by Crippen LogP contribution is -2.37. The van der Waals surface area contributed by atoms with E-state index in [1.54, 1.807) is 14.2 Å². The smallest absolute Gasteiger partial charge is 0.161 e. The van der Waals surface area contributed by atoms with Crippen molar-refractivity contribution in [2.24, 2.45) is 4.99 Å². The van der Waals surface area contributed by atoms with Crippen LogP contribution in [0.5, 0.6) is 11.5 Å². The first-order valence-electron chi connectivity index (χ1n) is 8.94. The van der Waals surface area contributed by atoms with Gasteiger partial charge < -0.3 is 9.47 Å². The molecule has 2 aliphatic heterocycles. The van der Waals surface area contributed by atoms with Crippen molar-refractivity contribution in [3.05, 3.63) is 71.1 Å². The summed E-state index contributed by atoms with van der Waals surface area (Å²) in [5.74, 6) is 2.36. The molecular formula is C22H23N3O2. The summed E-state index contributed by atoms with van der Waals surface area (Å²) in [5, 5.41) is 4.43. The van der Waals surface area contributed by atoms with E-state index in [1.165, 1.54) is 16.8 Å². The van der Waals surface area contributed by atoms with Crippen molar-refractivity contribution in [1.82, 2.24) is 5.01 Å². The van der Waals surface area contributed by atoms with Crippen molar-refractivity contribution < 1.29 is 9.47 Å². The molecule has 2 aliphatic rings. The summed E-state index contributed by atoms with van der Waals surface area (Å²) in [4.78, 5) is 4.56. The van der Waals surface area contributed by atoms with Gasteiger partial charge in [-0.05, 0) is 61.4 Å². The predicted octanol–water partition coefficient (Wildman–Crippen LogP) is 4.32. The lowest BCUT2D eigenvalue weighted by Gasteiger charge is -2.36. The van der Waals surface area contributed by atoms with E-state index in [2.05, 4.69) is 53.1 Å². The quantitative estimate of drug-likeness (QED) is 0.813. The number of allylic oxidation sites excluding steroid dienone is 1. The van der Waals surface area contributed by atoms with Crippen LogP contribution in [0.25, 0.3) is 5.70 Å². The molecule has 2 heterocycles. The van der Waals surface area contributed by atoms with E-state index in [0.29, 0.717) is 5.75 Å². The highest BCUT2D eigenvalue weighted by Gasteiger charge is 2.30. The third kappa shape index (κ3) is 2.95. The minimum Gasteiger partial charge on any atom is -0.493 e. The number of anilines is 1. The molecule has 4 rings (SSSR count). The highest BCUT2D eigenvalue weighted by Crippen LogP contribution is 2.39. The number of benzene rings is 2. The molecule has 5 nitrogen and oxygen atoms in total. The molecule has 0 saturated heterocycles. The van der Waals surface area contributed by atoms with Crippen molar-refractivity contribution in [3.63, 3.8) is 0 Å². The fourth-order valence-corrected chi connectivity index (χ4v) is 3.49. The van der Waals surface area contributed by atoms with Gasteiger partial charge in [0, 0.05) is 11.8 Å². The molecule has 2 aromatic rings. The first kappa shape index (κ1) is 17.2. The zero-order chi connectivity index (χ0) is 19.0. The van der Waals surface area contributed by atoms with Gasteiger partial charge in [-0.15, -0.1) is 0 Å². The number of fused-ring (bicyclic) bond motifs is 1. The Morgan fingerprint density at radius 3 is 2.56 bits per heavy atom. The molecule has 0 fully saturated rings. The SMILES string of the molecule is COc1ccc(C2=CC=NC3=CCN(c4cc(C)ccc4C)N32)cc1OC. The van der Waals surface area contributed by atoms with Gasteiger partial charge in [0.05, 0.1) is 32.1 Å². The molecule has 0 aromatic heterocycles. The molecule has 0 aliphatic carbocycles. The van der Waals surface area contributed by atoms with Crippen LogP contribution in [-0.2, 0) is 0 Å². The monoisotopic (exact) mass is 361 g/mol. The van der Waals surface area contributed by atoms with Gasteiger partial charge in [-0.1, -0.05) is 12.1 Å². The van der Waals surface area contributed by atoms with Gasteiger partial charge in [0.1, 0.15) is 5.82 Å². The fourth-order valence-electron chi connectivity index (χ4n) is 3.49. The second-order valence-electron chi connectivity index (χ2n) is 6.65. The summed E-state index contributed by atoms with van der Waals surface area (Å²) >= 11 is 0. The normalized spacial score (nSPS) is 15.4. The van der Waals surface area contributed by atoms with Crippen LogP contribution in [0.4, 0.5) is 5.69 Å². The van der Waals surface area contributed by atoms with Crippen molar-refractivity contribution in [2.75, 3.05) is 25.8 Å². The number of hydrogen-bond donors (Lipinski definition) is 0. The maximum Gasteiger partial charge on any atom is 0.161 e. The second-order valence-corrected chi connectivity index (χ2v) is 6.65. The first-order valence-corrected chi connectivity index (χ1v) is 8.94. The molecule has 2 aromatic carbocycles. The third-order valence-corrected chi connectivity index (χ3v) is 4.89. The highest BCUT2D eigenvalue weighted by atomic mass is 16.5. The Labute approximate surface area is 159 Å². The van der Waals surface area contributed by atoms with Crippen molar-refractivity contribution >= 4 is 17.6 Å². The number of methoxy groups -OCH3 is 2. The van der Waals surface area contributed by atoms with Crippen LogP contribution >= 0.6 is 0 Å². The van der Waals surface area contributed by atoms with Gasteiger partial charge in [-0.2, -0.15) is 0 Å². The van der Waals surface area contributed by atoms with E-state index >= 15 is 0 Å². The van der Waals surface area contributed by atoms with Gasteiger partial charge in [-0.25, -0.2) is 10.0 Å².